The number of nitro groups is 1. The second-order valence-electron chi connectivity index (χ2n) is 7.78. The van der Waals surface area contributed by atoms with Crippen molar-refractivity contribution in [3.8, 4) is 5.75 Å². The molecule has 4 bridgehead atoms. The molecule has 24 heavy (non-hydrogen) atoms. The van der Waals surface area contributed by atoms with Crippen molar-refractivity contribution in [2.75, 3.05) is 6.61 Å². The average Bonchev–Trinajstić information content (AvgIpc) is 2.52. The van der Waals surface area contributed by atoms with Crippen LogP contribution in [0.25, 0.3) is 0 Å². The molecule has 5 nitrogen and oxygen atoms in total. The SMILES string of the molecule is O=C(COc1ccc([N+](=O)[O-])cc1Cl)C12CC3CC(CC(C3)C1)C2. The minimum Gasteiger partial charge on any atom is -0.484 e. The smallest absolute Gasteiger partial charge is 0.271 e. The van der Waals surface area contributed by atoms with E-state index in [1.165, 1.54) is 37.5 Å². The van der Waals surface area contributed by atoms with Crippen LogP contribution < -0.4 is 4.74 Å². The summed E-state index contributed by atoms with van der Waals surface area (Å²) < 4.78 is 5.62. The van der Waals surface area contributed by atoms with Crippen molar-refractivity contribution < 1.29 is 14.5 Å². The van der Waals surface area contributed by atoms with E-state index in [1.807, 2.05) is 0 Å². The minimum absolute atomic E-state index is 0.00366. The standard InChI is InChI=1S/C18H20ClNO4/c19-15-6-14(20(22)23)1-2-16(15)24-10-17(21)18-7-11-3-12(8-18)5-13(4-11)9-18/h1-2,6,11-13H,3-5,7-10H2. The largest absolute Gasteiger partial charge is 0.484 e. The first-order valence-corrected chi connectivity index (χ1v) is 8.93. The minimum atomic E-state index is -0.504. The molecule has 0 atom stereocenters. The van der Waals surface area contributed by atoms with Gasteiger partial charge in [-0.2, -0.15) is 0 Å². The van der Waals surface area contributed by atoms with Crippen LogP contribution in [0, 0.1) is 33.3 Å². The second kappa shape index (κ2) is 5.73. The van der Waals surface area contributed by atoms with Gasteiger partial charge in [-0.1, -0.05) is 11.6 Å². The van der Waals surface area contributed by atoms with Crippen LogP contribution in [0.2, 0.25) is 5.02 Å². The van der Waals surface area contributed by atoms with Crippen LogP contribution in [0.15, 0.2) is 18.2 Å². The van der Waals surface area contributed by atoms with Gasteiger partial charge in [0.1, 0.15) is 12.4 Å². The van der Waals surface area contributed by atoms with E-state index in [9.17, 15) is 14.9 Å². The summed E-state index contributed by atoms with van der Waals surface area (Å²) in [7, 11) is 0. The zero-order valence-electron chi connectivity index (χ0n) is 13.4. The highest BCUT2D eigenvalue weighted by Gasteiger charge is 2.54. The molecule has 1 aromatic rings. The van der Waals surface area contributed by atoms with E-state index in [4.69, 9.17) is 16.3 Å². The summed E-state index contributed by atoms with van der Waals surface area (Å²) in [5.41, 5.74) is -0.276. The fourth-order valence-corrected chi connectivity index (χ4v) is 5.70. The molecule has 0 heterocycles. The third kappa shape index (κ3) is 2.69. The second-order valence-corrected chi connectivity index (χ2v) is 8.19. The summed E-state index contributed by atoms with van der Waals surface area (Å²) in [6, 6.07) is 4.07. The van der Waals surface area contributed by atoms with Gasteiger partial charge in [0, 0.05) is 17.5 Å². The number of halogens is 1. The summed E-state index contributed by atoms with van der Waals surface area (Å²) >= 11 is 6.04. The van der Waals surface area contributed by atoms with Gasteiger partial charge < -0.3 is 4.74 Å². The molecule has 0 N–H and O–H groups in total. The van der Waals surface area contributed by atoms with Gasteiger partial charge in [0.25, 0.3) is 5.69 Å². The fraction of sp³-hybridized carbons (Fsp3) is 0.611. The lowest BCUT2D eigenvalue weighted by molar-refractivity contribution is -0.384. The van der Waals surface area contributed by atoms with Gasteiger partial charge in [-0.05, 0) is 62.3 Å². The average molecular weight is 350 g/mol. The van der Waals surface area contributed by atoms with Crippen LogP contribution in [0.5, 0.6) is 5.75 Å². The molecule has 0 aromatic heterocycles. The van der Waals surface area contributed by atoms with Gasteiger partial charge in [0.15, 0.2) is 5.78 Å². The Morgan fingerprint density at radius 1 is 1.21 bits per heavy atom. The molecule has 4 saturated carbocycles. The number of ketones is 1. The van der Waals surface area contributed by atoms with E-state index in [0.717, 1.165) is 19.3 Å². The molecule has 0 aliphatic heterocycles. The van der Waals surface area contributed by atoms with Gasteiger partial charge in [-0.15, -0.1) is 0 Å². The molecule has 1 aromatic carbocycles. The van der Waals surface area contributed by atoms with Crippen LogP contribution in [0.4, 0.5) is 5.69 Å². The van der Waals surface area contributed by atoms with Crippen LogP contribution in [-0.2, 0) is 4.79 Å². The predicted octanol–water partition coefficient (Wildman–Crippen LogP) is 4.41. The van der Waals surface area contributed by atoms with Gasteiger partial charge in [0.2, 0.25) is 0 Å². The van der Waals surface area contributed by atoms with E-state index in [2.05, 4.69) is 0 Å². The van der Waals surface area contributed by atoms with Crippen molar-refractivity contribution in [2.24, 2.45) is 23.2 Å². The molecular weight excluding hydrogens is 330 g/mol. The lowest BCUT2D eigenvalue weighted by Crippen LogP contribution is -2.51. The Morgan fingerprint density at radius 3 is 2.29 bits per heavy atom. The number of carbonyl (C=O) groups is 1. The third-order valence-corrected chi connectivity index (χ3v) is 6.41. The molecule has 4 fully saturated rings. The number of rotatable bonds is 5. The number of nitro benzene ring substituents is 1. The number of nitrogens with zero attached hydrogens (tertiary/aromatic N) is 1. The highest BCUT2D eigenvalue weighted by atomic mass is 35.5. The topological polar surface area (TPSA) is 69.4 Å². The van der Waals surface area contributed by atoms with E-state index in [1.54, 1.807) is 0 Å². The number of hydrogen-bond acceptors (Lipinski definition) is 4. The first kappa shape index (κ1) is 15.9. The maximum absolute atomic E-state index is 12.9. The summed E-state index contributed by atoms with van der Waals surface area (Å²) in [6.45, 7) is 0.00366. The number of ether oxygens (including phenoxy) is 1. The monoisotopic (exact) mass is 349 g/mol. The van der Waals surface area contributed by atoms with E-state index in [-0.39, 0.29) is 28.5 Å². The number of non-ortho nitro benzene ring substituents is 1. The van der Waals surface area contributed by atoms with Gasteiger partial charge >= 0.3 is 0 Å². The zero-order chi connectivity index (χ0) is 16.9. The number of carbonyl (C=O) groups excluding carboxylic acids is 1. The number of Topliss-reactive ketones (excluding diaryl/α,β-unsaturated/α-hetero) is 1. The van der Waals surface area contributed by atoms with Crippen molar-refractivity contribution in [1.82, 2.24) is 0 Å². The highest BCUT2D eigenvalue weighted by Crippen LogP contribution is 2.60. The zero-order valence-corrected chi connectivity index (χ0v) is 14.1. The fourth-order valence-electron chi connectivity index (χ4n) is 5.47. The first-order chi connectivity index (χ1) is 11.4. The Balaban J connectivity index is 1.45. The summed E-state index contributed by atoms with van der Waals surface area (Å²) in [5.74, 6) is 2.64. The highest BCUT2D eigenvalue weighted by molar-refractivity contribution is 6.32. The van der Waals surface area contributed by atoms with Gasteiger partial charge in [-0.25, -0.2) is 0 Å². The molecule has 6 heteroatoms. The van der Waals surface area contributed by atoms with E-state index < -0.39 is 4.92 Å². The predicted molar refractivity (Wildman–Crippen MR) is 89.2 cm³/mol. The third-order valence-electron chi connectivity index (χ3n) is 6.11. The molecule has 0 unspecified atom stereocenters. The van der Waals surface area contributed by atoms with Crippen LogP contribution >= 0.6 is 11.6 Å². The summed E-state index contributed by atoms with van der Waals surface area (Å²) in [6.07, 6.45) is 6.91. The van der Waals surface area contributed by atoms with E-state index >= 15 is 0 Å². The number of benzene rings is 1. The Bertz CT molecular complexity index is 667. The van der Waals surface area contributed by atoms with Crippen molar-refractivity contribution in [3.05, 3.63) is 33.3 Å². The van der Waals surface area contributed by atoms with Gasteiger partial charge in [0.05, 0.1) is 9.95 Å². The summed E-state index contributed by atoms with van der Waals surface area (Å²) in [5, 5.41) is 10.9. The molecule has 4 aliphatic rings. The van der Waals surface area contributed by atoms with Crippen LogP contribution in [-0.4, -0.2) is 17.3 Å². The quantitative estimate of drug-likeness (QED) is 0.583. The normalized spacial score (nSPS) is 33.5. The Labute approximate surface area is 145 Å². The molecule has 0 amide bonds. The first-order valence-electron chi connectivity index (χ1n) is 8.55. The van der Waals surface area contributed by atoms with Crippen molar-refractivity contribution in [2.45, 2.75) is 38.5 Å². The Kier molecular flexibility index (Phi) is 3.79. The summed E-state index contributed by atoms with van der Waals surface area (Å²) in [4.78, 5) is 23.1. The van der Waals surface area contributed by atoms with Crippen LogP contribution in [0.1, 0.15) is 38.5 Å². The number of hydrogen-bond donors (Lipinski definition) is 0. The van der Waals surface area contributed by atoms with Gasteiger partial charge in [-0.3, -0.25) is 14.9 Å². The van der Waals surface area contributed by atoms with Crippen molar-refractivity contribution in [1.29, 1.82) is 0 Å². The molecule has 128 valence electrons. The molecule has 0 saturated heterocycles. The molecular formula is C18H20ClNO4. The molecule has 0 spiro atoms. The lowest BCUT2D eigenvalue weighted by atomic mass is 9.48. The molecule has 5 rings (SSSR count). The maximum atomic E-state index is 12.9. The lowest BCUT2D eigenvalue weighted by Gasteiger charge is -2.55. The molecule has 4 aliphatic carbocycles. The molecule has 0 radical (unpaired) electrons. The van der Waals surface area contributed by atoms with Crippen molar-refractivity contribution >= 4 is 23.1 Å². The Hall–Kier alpha value is -1.62. The Morgan fingerprint density at radius 2 is 1.79 bits per heavy atom. The maximum Gasteiger partial charge on any atom is 0.271 e. The van der Waals surface area contributed by atoms with E-state index in [0.29, 0.717) is 23.5 Å². The van der Waals surface area contributed by atoms with Crippen LogP contribution in [0.3, 0.4) is 0 Å². The van der Waals surface area contributed by atoms with Crippen molar-refractivity contribution in [3.63, 3.8) is 0 Å².